The summed E-state index contributed by atoms with van der Waals surface area (Å²) in [5, 5.41) is 3.47. The first-order chi connectivity index (χ1) is 6.36. The Bertz CT molecular complexity index is 146. The second kappa shape index (κ2) is 4.43. The molecule has 0 spiro atoms. The quantitative estimate of drug-likeness (QED) is 0.711. The Labute approximate surface area is 81.7 Å². The van der Waals surface area contributed by atoms with Crippen LogP contribution in [0.5, 0.6) is 0 Å². The van der Waals surface area contributed by atoms with Gasteiger partial charge in [-0.1, -0.05) is 0 Å². The van der Waals surface area contributed by atoms with Gasteiger partial charge in [0.15, 0.2) is 0 Å². The lowest BCUT2D eigenvalue weighted by Crippen LogP contribution is -2.33. The minimum absolute atomic E-state index is 0.857. The van der Waals surface area contributed by atoms with Gasteiger partial charge < -0.3 is 10.2 Å². The van der Waals surface area contributed by atoms with Gasteiger partial charge in [0.25, 0.3) is 0 Å². The minimum Gasteiger partial charge on any atom is -0.317 e. The topological polar surface area (TPSA) is 15.3 Å². The summed E-state index contributed by atoms with van der Waals surface area (Å²) < 4.78 is 0. The molecular weight excluding hydrogens is 160 g/mol. The van der Waals surface area contributed by atoms with Gasteiger partial charge in [-0.25, -0.2) is 0 Å². The molecule has 13 heavy (non-hydrogen) atoms. The molecule has 0 aromatic rings. The van der Waals surface area contributed by atoms with E-state index in [2.05, 4.69) is 17.3 Å². The third-order valence-electron chi connectivity index (χ3n) is 3.41. The molecule has 0 aromatic heterocycles. The van der Waals surface area contributed by atoms with Crippen molar-refractivity contribution in [3.63, 3.8) is 0 Å². The van der Waals surface area contributed by atoms with Gasteiger partial charge in [0, 0.05) is 12.6 Å². The minimum atomic E-state index is 0.857. The Morgan fingerprint density at radius 1 is 1.15 bits per heavy atom. The van der Waals surface area contributed by atoms with Crippen LogP contribution in [-0.4, -0.2) is 37.6 Å². The van der Waals surface area contributed by atoms with Crippen LogP contribution in [0.1, 0.15) is 32.1 Å². The van der Waals surface area contributed by atoms with Crippen molar-refractivity contribution in [2.75, 3.05) is 26.7 Å². The summed E-state index contributed by atoms with van der Waals surface area (Å²) in [7, 11) is 2.31. The predicted octanol–water partition coefficient (Wildman–Crippen LogP) is 1.47. The number of hydrogen-bond acceptors (Lipinski definition) is 2. The second-order valence-corrected chi connectivity index (χ2v) is 4.72. The van der Waals surface area contributed by atoms with Crippen LogP contribution < -0.4 is 5.32 Å². The zero-order chi connectivity index (χ0) is 9.10. The number of hydrogen-bond donors (Lipinski definition) is 1. The Hall–Kier alpha value is -0.0800. The molecule has 2 rings (SSSR count). The third-order valence-corrected chi connectivity index (χ3v) is 3.41. The molecule has 1 heterocycles. The smallest absolute Gasteiger partial charge is 0.0105 e. The molecule has 1 unspecified atom stereocenters. The maximum Gasteiger partial charge on any atom is 0.0105 e. The largest absolute Gasteiger partial charge is 0.317 e. The molecule has 1 N–H and O–H groups in total. The van der Waals surface area contributed by atoms with Crippen LogP contribution in [0.4, 0.5) is 0 Å². The highest BCUT2D eigenvalue weighted by atomic mass is 15.1. The van der Waals surface area contributed by atoms with E-state index in [1.165, 1.54) is 51.7 Å². The Kier molecular flexibility index (Phi) is 3.23. The van der Waals surface area contributed by atoms with Crippen LogP contribution in [-0.2, 0) is 0 Å². The maximum atomic E-state index is 3.47. The van der Waals surface area contributed by atoms with Gasteiger partial charge in [-0.15, -0.1) is 0 Å². The third kappa shape index (κ3) is 2.96. The van der Waals surface area contributed by atoms with Crippen molar-refractivity contribution >= 4 is 0 Å². The Morgan fingerprint density at radius 2 is 2.00 bits per heavy atom. The van der Waals surface area contributed by atoms with E-state index in [0.29, 0.717) is 0 Å². The van der Waals surface area contributed by atoms with Crippen molar-refractivity contribution in [3.8, 4) is 0 Å². The summed E-state index contributed by atoms with van der Waals surface area (Å²) in [6, 6.07) is 0.857. The summed E-state index contributed by atoms with van der Waals surface area (Å²) in [6.07, 6.45) is 7.07. The van der Waals surface area contributed by atoms with Crippen molar-refractivity contribution in [2.45, 2.75) is 38.1 Å². The van der Waals surface area contributed by atoms with E-state index >= 15 is 0 Å². The van der Waals surface area contributed by atoms with Gasteiger partial charge in [0.05, 0.1) is 0 Å². The Balaban J connectivity index is 1.74. The van der Waals surface area contributed by atoms with Gasteiger partial charge in [-0.2, -0.15) is 0 Å². The lowest BCUT2D eigenvalue weighted by molar-refractivity contribution is 0.216. The first-order valence-electron chi connectivity index (χ1n) is 5.77. The summed E-state index contributed by atoms with van der Waals surface area (Å²) in [5.74, 6) is 1.04. The lowest BCUT2D eigenvalue weighted by Gasteiger charge is -2.26. The SMILES string of the molecule is CN(CC1CC1)C1CCCNCC1. The lowest BCUT2D eigenvalue weighted by atomic mass is 10.1. The molecule has 2 nitrogen and oxygen atoms in total. The van der Waals surface area contributed by atoms with E-state index < -0.39 is 0 Å². The van der Waals surface area contributed by atoms with Gasteiger partial charge >= 0.3 is 0 Å². The van der Waals surface area contributed by atoms with Crippen molar-refractivity contribution in [3.05, 3.63) is 0 Å². The molecule has 1 saturated carbocycles. The standard InChI is InChI=1S/C11H22N2/c1-13(9-10-4-5-10)11-3-2-7-12-8-6-11/h10-12H,2-9H2,1H3. The molecule has 1 atom stereocenters. The molecule has 0 amide bonds. The predicted molar refractivity (Wildman–Crippen MR) is 55.9 cm³/mol. The summed E-state index contributed by atoms with van der Waals surface area (Å²) in [5.41, 5.74) is 0. The molecule has 1 aliphatic carbocycles. The van der Waals surface area contributed by atoms with Crippen LogP contribution >= 0.6 is 0 Å². The molecule has 1 saturated heterocycles. The highest BCUT2D eigenvalue weighted by Crippen LogP contribution is 2.30. The Morgan fingerprint density at radius 3 is 2.77 bits per heavy atom. The van der Waals surface area contributed by atoms with Crippen LogP contribution in [0.15, 0.2) is 0 Å². The van der Waals surface area contributed by atoms with E-state index in [1.807, 2.05) is 0 Å². The van der Waals surface area contributed by atoms with E-state index in [9.17, 15) is 0 Å². The highest BCUT2D eigenvalue weighted by molar-refractivity contribution is 4.80. The molecule has 2 heteroatoms. The number of nitrogens with one attached hydrogen (secondary N) is 1. The van der Waals surface area contributed by atoms with Crippen LogP contribution in [0.2, 0.25) is 0 Å². The fourth-order valence-corrected chi connectivity index (χ4v) is 2.30. The van der Waals surface area contributed by atoms with Gasteiger partial charge in [-0.05, 0) is 58.2 Å². The summed E-state index contributed by atoms with van der Waals surface area (Å²) >= 11 is 0. The molecular formula is C11H22N2. The molecule has 2 fully saturated rings. The van der Waals surface area contributed by atoms with E-state index in [4.69, 9.17) is 0 Å². The fraction of sp³-hybridized carbons (Fsp3) is 1.00. The highest BCUT2D eigenvalue weighted by Gasteiger charge is 2.26. The second-order valence-electron chi connectivity index (χ2n) is 4.72. The molecule has 0 bridgehead atoms. The summed E-state index contributed by atoms with van der Waals surface area (Å²) in [4.78, 5) is 2.60. The van der Waals surface area contributed by atoms with Crippen molar-refractivity contribution in [1.29, 1.82) is 0 Å². The molecule has 76 valence electrons. The van der Waals surface area contributed by atoms with Crippen LogP contribution in [0.3, 0.4) is 0 Å². The van der Waals surface area contributed by atoms with Gasteiger partial charge in [-0.3, -0.25) is 0 Å². The number of rotatable bonds is 3. The van der Waals surface area contributed by atoms with Gasteiger partial charge in [0.1, 0.15) is 0 Å². The zero-order valence-electron chi connectivity index (χ0n) is 8.76. The first kappa shape index (κ1) is 9.47. The average molecular weight is 182 g/mol. The zero-order valence-corrected chi connectivity index (χ0v) is 8.76. The first-order valence-corrected chi connectivity index (χ1v) is 5.77. The molecule has 1 aliphatic heterocycles. The van der Waals surface area contributed by atoms with E-state index in [-0.39, 0.29) is 0 Å². The van der Waals surface area contributed by atoms with Crippen LogP contribution in [0, 0.1) is 5.92 Å². The monoisotopic (exact) mass is 182 g/mol. The van der Waals surface area contributed by atoms with E-state index in [1.54, 1.807) is 0 Å². The molecule has 0 aromatic carbocycles. The average Bonchev–Trinajstić information content (AvgIpc) is 2.87. The number of nitrogens with zero attached hydrogens (tertiary/aromatic N) is 1. The molecule has 0 radical (unpaired) electrons. The van der Waals surface area contributed by atoms with Gasteiger partial charge in [0.2, 0.25) is 0 Å². The van der Waals surface area contributed by atoms with Crippen molar-refractivity contribution in [1.82, 2.24) is 10.2 Å². The fourth-order valence-electron chi connectivity index (χ4n) is 2.30. The molecule has 2 aliphatic rings. The summed E-state index contributed by atoms with van der Waals surface area (Å²) in [6.45, 7) is 3.80. The maximum absolute atomic E-state index is 3.47. The van der Waals surface area contributed by atoms with Crippen molar-refractivity contribution in [2.24, 2.45) is 5.92 Å². The normalized spacial score (nSPS) is 30.5. The van der Waals surface area contributed by atoms with Crippen LogP contribution in [0.25, 0.3) is 0 Å². The van der Waals surface area contributed by atoms with Crippen molar-refractivity contribution < 1.29 is 0 Å². The van der Waals surface area contributed by atoms with E-state index in [0.717, 1.165) is 12.0 Å².